The Morgan fingerprint density at radius 2 is 2.00 bits per heavy atom. The summed E-state index contributed by atoms with van der Waals surface area (Å²) in [4.78, 5) is 44.9. The molecule has 0 aromatic carbocycles. The summed E-state index contributed by atoms with van der Waals surface area (Å²) >= 11 is 21.5. The molecule has 15 heteroatoms. The molecule has 1 aliphatic rings. The molecule has 3 amide bonds. The van der Waals surface area contributed by atoms with Crippen LogP contribution < -0.4 is 21.2 Å². The number of carbonyl (C=O) groups is 3. The van der Waals surface area contributed by atoms with Crippen molar-refractivity contribution in [2.75, 3.05) is 17.4 Å². The van der Waals surface area contributed by atoms with Gasteiger partial charge in [-0.05, 0) is 34.1 Å². The average Bonchev–Trinajstić information content (AvgIpc) is 3.15. The molecule has 0 radical (unpaired) electrons. The summed E-state index contributed by atoms with van der Waals surface area (Å²) in [5.74, 6) is -1.14. The Hall–Kier alpha value is -2.67. The molecule has 11 nitrogen and oxygen atoms in total. The van der Waals surface area contributed by atoms with Crippen LogP contribution in [0.4, 0.5) is 16.3 Å². The van der Waals surface area contributed by atoms with E-state index >= 15 is 0 Å². The summed E-state index contributed by atoms with van der Waals surface area (Å²) < 4.78 is 4.87. The fraction of sp³-hybridized carbons (Fsp3) is 0.176. The second kappa shape index (κ2) is 10.3. The van der Waals surface area contributed by atoms with Crippen LogP contribution in [-0.4, -0.2) is 45.6 Å². The molecule has 1 aliphatic heterocycles. The summed E-state index contributed by atoms with van der Waals surface area (Å²) in [6, 6.07) is 3.55. The Labute approximate surface area is 204 Å². The molecule has 0 fully saturated rings. The number of hydrazine groups is 1. The van der Waals surface area contributed by atoms with Gasteiger partial charge in [-0.25, -0.2) is 25.2 Å². The molecule has 0 bridgehead atoms. The van der Waals surface area contributed by atoms with E-state index in [1.807, 2.05) is 5.43 Å². The molecule has 3 rings (SSSR count). The Bertz CT molecular complexity index is 1120. The number of anilines is 2. The molecule has 168 valence electrons. The fourth-order valence-electron chi connectivity index (χ4n) is 2.63. The van der Waals surface area contributed by atoms with Gasteiger partial charge in [0.1, 0.15) is 15.8 Å². The van der Waals surface area contributed by atoms with Gasteiger partial charge in [-0.15, -0.1) is 0 Å². The van der Waals surface area contributed by atoms with E-state index in [9.17, 15) is 14.4 Å². The van der Waals surface area contributed by atoms with Gasteiger partial charge in [-0.3, -0.25) is 15.0 Å². The minimum atomic E-state index is -0.911. The molecule has 0 aliphatic carbocycles. The highest BCUT2D eigenvalue weighted by Gasteiger charge is 2.35. The topological polar surface area (TPSA) is 138 Å². The number of nitrogens with zero attached hydrogens (tertiary/aromatic N) is 4. The van der Waals surface area contributed by atoms with E-state index in [4.69, 9.17) is 34.8 Å². The average molecular weight is 566 g/mol. The Balaban J connectivity index is 1.88. The number of hydrogen-bond acceptors (Lipinski definition) is 8. The molecular weight excluding hydrogens is 552 g/mol. The van der Waals surface area contributed by atoms with Crippen LogP contribution in [-0.2, 0) is 9.53 Å². The van der Waals surface area contributed by atoms with Crippen LogP contribution in [0.15, 0.2) is 29.5 Å². The molecule has 32 heavy (non-hydrogen) atoms. The number of hydrogen-bond donors (Lipinski definition) is 3. The van der Waals surface area contributed by atoms with E-state index in [1.165, 1.54) is 17.3 Å². The first-order valence-corrected chi connectivity index (χ1v) is 10.6. The number of halogens is 4. The van der Waals surface area contributed by atoms with Crippen molar-refractivity contribution in [2.45, 2.75) is 12.5 Å². The lowest BCUT2D eigenvalue weighted by Crippen LogP contribution is -2.42. The second-order valence-corrected chi connectivity index (χ2v) is 8.14. The van der Waals surface area contributed by atoms with Crippen molar-refractivity contribution in [1.29, 1.82) is 0 Å². The van der Waals surface area contributed by atoms with Crippen LogP contribution in [0, 0.1) is 0 Å². The van der Waals surface area contributed by atoms with Gasteiger partial charge in [0, 0.05) is 12.6 Å². The van der Waals surface area contributed by atoms with Crippen molar-refractivity contribution in [3.05, 3.63) is 45.3 Å². The molecule has 0 saturated heterocycles. The van der Waals surface area contributed by atoms with Crippen molar-refractivity contribution < 1.29 is 19.1 Å². The quantitative estimate of drug-likeness (QED) is 0.382. The molecule has 2 aromatic heterocycles. The highest BCUT2D eigenvalue weighted by atomic mass is 79.9. The first kappa shape index (κ1) is 24.0. The monoisotopic (exact) mass is 563 g/mol. The lowest BCUT2D eigenvalue weighted by atomic mass is 10.1. The summed E-state index contributed by atoms with van der Waals surface area (Å²) in [7, 11) is 1.12. The maximum Gasteiger partial charge on any atom is 0.425 e. The smallest absolute Gasteiger partial charge is 0.425 e. The molecule has 3 N–H and O–H groups in total. The lowest BCUT2D eigenvalue weighted by molar-refractivity contribution is -0.117. The Morgan fingerprint density at radius 3 is 2.69 bits per heavy atom. The third-order valence-electron chi connectivity index (χ3n) is 4.03. The number of rotatable bonds is 4. The number of pyridine rings is 2. The van der Waals surface area contributed by atoms with Gasteiger partial charge in [-0.2, -0.15) is 5.10 Å². The predicted molar refractivity (Wildman–Crippen MR) is 122 cm³/mol. The van der Waals surface area contributed by atoms with Crippen molar-refractivity contribution in [3.8, 4) is 0 Å². The molecular formula is C17H13BrCl3N7O4. The van der Waals surface area contributed by atoms with E-state index in [-0.39, 0.29) is 38.8 Å². The zero-order valence-corrected chi connectivity index (χ0v) is 19.9. The van der Waals surface area contributed by atoms with Crippen LogP contribution in [0.5, 0.6) is 0 Å². The summed E-state index contributed by atoms with van der Waals surface area (Å²) in [6.45, 7) is 0. The molecule has 2 aromatic rings. The summed E-state index contributed by atoms with van der Waals surface area (Å²) in [5, 5.41) is 8.12. The first-order valence-electron chi connectivity index (χ1n) is 8.65. The van der Waals surface area contributed by atoms with Crippen LogP contribution in [0.2, 0.25) is 15.3 Å². The van der Waals surface area contributed by atoms with Gasteiger partial charge in [0.15, 0.2) is 11.0 Å². The second-order valence-electron chi connectivity index (χ2n) is 6.07. The van der Waals surface area contributed by atoms with Crippen LogP contribution in [0.1, 0.15) is 16.8 Å². The fourth-order valence-corrected chi connectivity index (χ4v) is 3.80. The molecule has 1 atom stereocenters. The SMILES string of the molecule is COC(=O)NNC(=O)c1cc(Cl)nc(Cl)c1NC(=O)C1CC(Br)=NN1c1ncccc1Cl. The zero-order chi connectivity index (χ0) is 23.4. The van der Waals surface area contributed by atoms with E-state index in [0.29, 0.717) is 4.62 Å². The largest absolute Gasteiger partial charge is 0.452 e. The number of ether oxygens (including phenoxy) is 1. The van der Waals surface area contributed by atoms with Gasteiger partial charge in [0.25, 0.3) is 5.91 Å². The maximum atomic E-state index is 13.1. The number of nitrogens with one attached hydrogen (secondary N) is 3. The van der Waals surface area contributed by atoms with Crippen molar-refractivity contribution >= 4 is 84.8 Å². The summed E-state index contributed by atoms with van der Waals surface area (Å²) in [5.41, 5.74) is 3.84. The zero-order valence-electron chi connectivity index (χ0n) is 16.0. The highest BCUT2D eigenvalue weighted by molar-refractivity contribution is 9.18. The number of hydrazone groups is 1. The van der Waals surface area contributed by atoms with Crippen molar-refractivity contribution in [1.82, 2.24) is 20.8 Å². The molecule has 0 spiro atoms. The van der Waals surface area contributed by atoms with Crippen LogP contribution >= 0.6 is 50.7 Å². The minimum Gasteiger partial charge on any atom is -0.452 e. The van der Waals surface area contributed by atoms with E-state index in [1.54, 1.807) is 12.1 Å². The number of aromatic nitrogens is 2. The van der Waals surface area contributed by atoms with Crippen LogP contribution in [0.25, 0.3) is 0 Å². The van der Waals surface area contributed by atoms with Gasteiger partial charge >= 0.3 is 6.09 Å². The number of methoxy groups -OCH3 is 1. The first-order chi connectivity index (χ1) is 15.2. The van der Waals surface area contributed by atoms with E-state index in [0.717, 1.165) is 7.11 Å². The van der Waals surface area contributed by atoms with E-state index in [2.05, 4.69) is 46.5 Å². The Morgan fingerprint density at radius 1 is 1.25 bits per heavy atom. The third kappa shape index (κ3) is 5.38. The van der Waals surface area contributed by atoms with Crippen molar-refractivity contribution in [2.24, 2.45) is 5.10 Å². The van der Waals surface area contributed by atoms with Gasteiger partial charge in [0.2, 0.25) is 5.91 Å². The summed E-state index contributed by atoms with van der Waals surface area (Å²) in [6.07, 6.45) is 0.795. The highest BCUT2D eigenvalue weighted by Crippen LogP contribution is 2.32. The normalized spacial score (nSPS) is 15.1. The number of carbonyl (C=O) groups excluding carboxylic acids is 3. The standard InChI is InChI=1S/C17H13BrCl3N7O4/c1-32-17(31)26-25-15(29)7-5-11(20)23-13(21)12(7)24-16(30)9-6-10(18)27-28(9)14-8(19)3-2-4-22-14/h2-5,9H,6H2,1H3,(H,24,30)(H,25,29)(H,26,31). The maximum absolute atomic E-state index is 13.1. The molecule has 0 saturated carbocycles. The molecule has 1 unspecified atom stereocenters. The Kier molecular flexibility index (Phi) is 7.72. The van der Waals surface area contributed by atoms with Gasteiger partial charge in [-0.1, -0.05) is 34.8 Å². The molecule has 3 heterocycles. The van der Waals surface area contributed by atoms with Crippen LogP contribution in [0.3, 0.4) is 0 Å². The van der Waals surface area contributed by atoms with Crippen molar-refractivity contribution in [3.63, 3.8) is 0 Å². The lowest BCUT2D eigenvalue weighted by Gasteiger charge is -2.23. The third-order valence-corrected chi connectivity index (χ3v) is 5.28. The van der Waals surface area contributed by atoms with E-state index < -0.39 is 23.9 Å². The van der Waals surface area contributed by atoms with Gasteiger partial charge < -0.3 is 10.1 Å². The number of amides is 3. The minimum absolute atomic E-state index is 0.106. The predicted octanol–water partition coefficient (Wildman–Crippen LogP) is 3.36. The van der Waals surface area contributed by atoms with Gasteiger partial charge in [0.05, 0.1) is 23.4 Å².